The maximum Gasteiger partial charge on any atom is 0.254 e. The molecule has 1 fully saturated rings. The molecule has 1 aromatic carbocycles. The summed E-state index contributed by atoms with van der Waals surface area (Å²) in [5.74, 6) is -0.621. The van der Waals surface area contributed by atoms with E-state index in [9.17, 15) is 9.59 Å². The SMILES string of the molecule is Cc1ccc(C(=O)N2CCCC2C(N)=O)cc1N. The summed E-state index contributed by atoms with van der Waals surface area (Å²) in [5, 5.41) is 0. The van der Waals surface area contributed by atoms with Crippen molar-refractivity contribution in [3.05, 3.63) is 29.3 Å². The molecule has 18 heavy (non-hydrogen) atoms. The molecule has 0 saturated carbocycles. The summed E-state index contributed by atoms with van der Waals surface area (Å²) in [7, 11) is 0. The number of aryl methyl sites for hydroxylation is 1. The van der Waals surface area contributed by atoms with Crippen LogP contribution in [-0.4, -0.2) is 29.3 Å². The van der Waals surface area contributed by atoms with Crippen molar-refractivity contribution in [3.63, 3.8) is 0 Å². The maximum atomic E-state index is 12.3. The third-order valence-electron chi connectivity index (χ3n) is 3.37. The van der Waals surface area contributed by atoms with Gasteiger partial charge in [0.25, 0.3) is 5.91 Å². The molecule has 1 aliphatic rings. The molecule has 2 rings (SSSR count). The number of rotatable bonds is 2. The number of likely N-dealkylation sites (tertiary alicyclic amines) is 1. The van der Waals surface area contributed by atoms with E-state index in [0.717, 1.165) is 12.0 Å². The smallest absolute Gasteiger partial charge is 0.254 e. The lowest BCUT2D eigenvalue weighted by Gasteiger charge is -2.22. The van der Waals surface area contributed by atoms with Crippen LogP contribution in [0.25, 0.3) is 0 Å². The van der Waals surface area contributed by atoms with Gasteiger partial charge in [0.2, 0.25) is 5.91 Å². The highest BCUT2D eigenvalue weighted by molar-refractivity contribution is 5.98. The fraction of sp³-hybridized carbons (Fsp3) is 0.385. The summed E-state index contributed by atoms with van der Waals surface area (Å²) in [4.78, 5) is 25.1. The molecule has 96 valence electrons. The first-order valence-corrected chi connectivity index (χ1v) is 5.97. The Bertz CT molecular complexity index is 499. The van der Waals surface area contributed by atoms with E-state index in [0.29, 0.717) is 24.2 Å². The molecule has 0 spiro atoms. The number of anilines is 1. The predicted octanol–water partition coefficient (Wildman–Crippen LogP) is 0.667. The molecule has 4 N–H and O–H groups in total. The van der Waals surface area contributed by atoms with Crippen LogP contribution in [-0.2, 0) is 4.79 Å². The van der Waals surface area contributed by atoms with Crippen LogP contribution in [0.2, 0.25) is 0 Å². The molecule has 1 saturated heterocycles. The first kappa shape index (κ1) is 12.4. The zero-order valence-electron chi connectivity index (χ0n) is 10.3. The largest absolute Gasteiger partial charge is 0.398 e. The first-order valence-electron chi connectivity index (χ1n) is 5.97. The topological polar surface area (TPSA) is 89.4 Å². The van der Waals surface area contributed by atoms with Gasteiger partial charge in [-0.3, -0.25) is 9.59 Å². The summed E-state index contributed by atoms with van der Waals surface area (Å²) in [6.45, 7) is 2.45. The third-order valence-corrected chi connectivity index (χ3v) is 3.37. The minimum absolute atomic E-state index is 0.178. The van der Waals surface area contributed by atoms with Crippen LogP contribution in [0.15, 0.2) is 18.2 Å². The lowest BCUT2D eigenvalue weighted by atomic mass is 10.1. The zero-order chi connectivity index (χ0) is 13.3. The number of nitrogens with zero attached hydrogens (tertiary/aromatic N) is 1. The molecule has 1 unspecified atom stereocenters. The molecule has 1 aromatic rings. The number of primary amides is 1. The van der Waals surface area contributed by atoms with Crippen LogP contribution in [0.3, 0.4) is 0 Å². The van der Waals surface area contributed by atoms with Crippen LogP contribution >= 0.6 is 0 Å². The van der Waals surface area contributed by atoms with Crippen LogP contribution in [0, 0.1) is 6.92 Å². The van der Waals surface area contributed by atoms with E-state index in [1.807, 2.05) is 6.92 Å². The number of carbonyl (C=O) groups is 2. The summed E-state index contributed by atoms with van der Waals surface area (Å²) in [6, 6.07) is 4.69. The van der Waals surface area contributed by atoms with Crippen molar-refractivity contribution < 1.29 is 9.59 Å². The monoisotopic (exact) mass is 247 g/mol. The van der Waals surface area contributed by atoms with Gasteiger partial charge in [0.05, 0.1) is 0 Å². The van der Waals surface area contributed by atoms with Gasteiger partial charge in [0, 0.05) is 17.8 Å². The lowest BCUT2D eigenvalue weighted by molar-refractivity contribution is -0.121. The summed E-state index contributed by atoms with van der Waals surface area (Å²) in [6.07, 6.45) is 1.45. The first-order chi connectivity index (χ1) is 8.50. The van der Waals surface area contributed by atoms with Gasteiger partial charge in [0.1, 0.15) is 6.04 Å². The molecule has 1 heterocycles. The van der Waals surface area contributed by atoms with E-state index in [-0.39, 0.29) is 5.91 Å². The Morgan fingerprint density at radius 1 is 1.39 bits per heavy atom. The molecule has 0 radical (unpaired) electrons. The van der Waals surface area contributed by atoms with E-state index in [2.05, 4.69) is 0 Å². The second-order valence-corrected chi connectivity index (χ2v) is 4.63. The van der Waals surface area contributed by atoms with Crippen LogP contribution in [0.4, 0.5) is 5.69 Å². The van der Waals surface area contributed by atoms with E-state index < -0.39 is 11.9 Å². The van der Waals surface area contributed by atoms with E-state index in [1.54, 1.807) is 18.2 Å². The van der Waals surface area contributed by atoms with Crippen molar-refractivity contribution in [2.45, 2.75) is 25.8 Å². The third kappa shape index (κ3) is 2.16. The standard InChI is InChI=1S/C13H17N3O2/c1-8-4-5-9(7-10(8)14)13(18)16-6-2-3-11(16)12(15)17/h4-5,7,11H,2-3,6,14H2,1H3,(H2,15,17). The normalized spacial score (nSPS) is 18.9. The Kier molecular flexibility index (Phi) is 3.23. The van der Waals surface area contributed by atoms with E-state index in [4.69, 9.17) is 11.5 Å². The fourth-order valence-electron chi connectivity index (χ4n) is 2.24. The Hall–Kier alpha value is -2.04. The van der Waals surface area contributed by atoms with E-state index >= 15 is 0 Å². The lowest BCUT2D eigenvalue weighted by Crippen LogP contribution is -2.43. The van der Waals surface area contributed by atoms with Crippen molar-refractivity contribution in [2.24, 2.45) is 5.73 Å². The number of carbonyl (C=O) groups excluding carboxylic acids is 2. The Balaban J connectivity index is 2.25. The van der Waals surface area contributed by atoms with Crippen molar-refractivity contribution >= 4 is 17.5 Å². The second-order valence-electron chi connectivity index (χ2n) is 4.63. The Labute approximate surface area is 106 Å². The molecule has 2 amide bonds. The zero-order valence-corrected chi connectivity index (χ0v) is 10.3. The predicted molar refractivity (Wildman–Crippen MR) is 68.8 cm³/mol. The highest BCUT2D eigenvalue weighted by Crippen LogP contribution is 2.21. The molecule has 0 aromatic heterocycles. The molecule has 5 nitrogen and oxygen atoms in total. The van der Waals surface area contributed by atoms with Gasteiger partial charge in [-0.05, 0) is 37.5 Å². The second kappa shape index (κ2) is 4.68. The van der Waals surface area contributed by atoms with Crippen molar-refractivity contribution in [3.8, 4) is 0 Å². The average Bonchev–Trinajstić information content (AvgIpc) is 2.81. The van der Waals surface area contributed by atoms with Crippen molar-refractivity contribution in [2.75, 3.05) is 12.3 Å². The minimum Gasteiger partial charge on any atom is -0.398 e. The summed E-state index contributed by atoms with van der Waals surface area (Å²) < 4.78 is 0. The molecule has 0 bridgehead atoms. The van der Waals surface area contributed by atoms with Gasteiger partial charge < -0.3 is 16.4 Å². The number of nitrogens with two attached hydrogens (primary N) is 2. The van der Waals surface area contributed by atoms with Crippen molar-refractivity contribution in [1.29, 1.82) is 0 Å². The molecule has 1 aliphatic heterocycles. The Morgan fingerprint density at radius 3 is 2.72 bits per heavy atom. The molecular weight excluding hydrogens is 230 g/mol. The number of hydrogen-bond donors (Lipinski definition) is 2. The summed E-state index contributed by atoms with van der Waals surface area (Å²) in [5.41, 5.74) is 13.1. The number of amides is 2. The highest BCUT2D eigenvalue weighted by Gasteiger charge is 2.33. The molecule has 5 heteroatoms. The molecule has 1 atom stereocenters. The quantitative estimate of drug-likeness (QED) is 0.752. The van der Waals surface area contributed by atoms with Gasteiger partial charge in [0.15, 0.2) is 0 Å². The number of benzene rings is 1. The Morgan fingerprint density at radius 2 is 2.11 bits per heavy atom. The van der Waals surface area contributed by atoms with Gasteiger partial charge >= 0.3 is 0 Å². The highest BCUT2D eigenvalue weighted by atomic mass is 16.2. The number of nitrogen functional groups attached to an aromatic ring is 1. The molecular formula is C13H17N3O2. The van der Waals surface area contributed by atoms with Gasteiger partial charge in [-0.15, -0.1) is 0 Å². The minimum atomic E-state index is -0.486. The average molecular weight is 247 g/mol. The fourth-order valence-corrected chi connectivity index (χ4v) is 2.24. The van der Waals surface area contributed by atoms with Crippen LogP contribution in [0.5, 0.6) is 0 Å². The van der Waals surface area contributed by atoms with E-state index in [1.165, 1.54) is 4.90 Å². The van der Waals surface area contributed by atoms with Crippen LogP contribution < -0.4 is 11.5 Å². The molecule has 0 aliphatic carbocycles. The van der Waals surface area contributed by atoms with Gasteiger partial charge in [-0.2, -0.15) is 0 Å². The number of hydrogen-bond acceptors (Lipinski definition) is 3. The van der Waals surface area contributed by atoms with Crippen molar-refractivity contribution in [1.82, 2.24) is 4.90 Å². The van der Waals surface area contributed by atoms with Gasteiger partial charge in [-0.1, -0.05) is 6.07 Å². The van der Waals surface area contributed by atoms with Crippen LogP contribution in [0.1, 0.15) is 28.8 Å². The van der Waals surface area contributed by atoms with Gasteiger partial charge in [-0.25, -0.2) is 0 Å². The summed E-state index contributed by atoms with van der Waals surface area (Å²) >= 11 is 0. The maximum absolute atomic E-state index is 12.3.